The molecule has 0 aromatic heterocycles. The number of hydrogen-bond acceptors (Lipinski definition) is 5. The summed E-state index contributed by atoms with van der Waals surface area (Å²) in [6.45, 7) is 6.55. The van der Waals surface area contributed by atoms with Crippen LogP contribution in [-0.2, 0) is 14.4 Å². The molecule has 2 saturated heterocycles. The van der Waals surface area contributed by atoms with Gasteiger partial charge in [0.25, 0.3) is 0 Å². The number of benzene rings is 1. The molecule has 0 saturated carbocycles. The van der Waals surface area contributed by atoms with Gasteiger partial charge in [0.05, 0.1) is 11.4 Å². The van der Waals surface area contributed by atoms with Crippen molar-refractivity contribution in [3.05, 3.63) is 64.6 Å². The van der Waals surface area contributed by atoms with Crippen LogP contribution in [0, 0.1) is 0 Å². The molecule has 4 aliphatic rings. The van der Waals surface area contributed by atoms with Crippen LogP contribution in [0.5, 0.6) is 0 Å². The zero-order valence-electron chi connectivity index (χ0n) is 20.6. The lowest BCUT2D eigenvalue weighted by atomic mass is 9.78. The maximum atomic E-state index is 13.4. The van der Waals surface area contributed by atoms with Crippen LogP contribution in [0.2, 0.25) is 0 Å². The zero-order chi connectivity index (χ0) is 25.4. The molecular weight excluding hydrogens is 456 g/mol. The molecule has 186 valence electrons. The first-order valence-electron chi connectivity index (χ1n) is 12.5. The molecule has 2 heterocycles. The van der Waals surface area contributed by atoms with E-state index in [0.717, 1.165) is 63.3 Å². The van der Waals surface area contributed by atoms with Crippen molar-refractivity contribution in [2.24, 2.45) is 0 Å². The highest BCUT2D eigenvalue weighted by molar-refractivity contribution is 6.40. The van der Waals surface area contributed by atoms with Gasteiger partial charge in [0.15, 0.2) is 5.78 Å². The van der Waals surface area contributed by atoms with Crippen LogP contribution in [0.25, 0.3) is 5.57 Å². The van der Waals surface area contributed by atoms with Crippen LogP contribution < -0.4 is 20.6 Å². The highest BCUT2D eigenvalue weighted by Crippen LogP contribution is 2.42. The molecule has 0 bridgehead atoms. The predicted molar refractivity (Wildman–Crippen MR) is 136 cm³/mol. The van der Waals surface area contributed by atoms with Crippen LogP contribution in [0.15, 0.2) is 59.0 Å². The molecule has 0 unspecified atom stereocenters. The van der Waals surface area contributed by atoms with Gasteiger partial charge in [0.2, 0.25) is 17.5 Å². The van der Waals surface area contributed by atoms with Gasteiger partial charge in [-0.2, -0.15) is 0 Å². The topological polar surface area (TPSA) is 105 Å². The van der Waals surface area contributed by atoms with Gasteiger partial charge >= 0.3 is 0 Å². The number of Topliss-reactive ketones (excluding diaryl/α,β-unsaturated/α-hetero) is 1. The van der Waals surface area contributed by atoms with E-state index in [0.29, 0.717) is 22.5 Å². The van der Waals surface area contributed by atoms with Crippen LogP contribution in [-0.4, -0.2) is 54.1 Å². The Morgan fingerprint density at radius 1 is 0.944 bits per heavy atom. The van der Waals surface area contributed by atoms with Crippen molar-refractivity contribution in [2.45, 2.75) is 39.5 Å². The van der Waals surface area contributed by atoms with Crippen molar-refractivity contribution >= 4 is 40.3 Å². The van der Waals surface area contributed by atoms with Gasteiger partial charge in [-0.3, -0.25) is 14.4 Å². The number of nitrogens with one attached hydrogen (secondary N) is 2. The van der Waals surface area contributed by atoms with Crippen molar-refractivity contribution in [3.8, 4) is 0 Å². The number of hydrogen-bond donors (Lipinski definition) is 2. The molecule has 1 aromatic carbocycles. The Bertz CT molecular complexity index is 1310. The van der Waals surface area contributed by atoms with E-state index in [-0.39, 0.29) is 34.5 Å². The van der Waals surface area contributed by atoms with Crippen molar-refractivity contribution in [3.63, 3.8) is 0 Å². The number of nitrogens with zero attached hydrogens (tertiary/aromatic N) is 2. The van der Waals surface area contributed by atoms with E-state index in [1.54, 1.807) is 12.1 Å². The lowest BCUT2D eigenvalue weighted by molar-refractivity contribution is -0.504. The quantitative estimate of drug-likeness (QED) is 0.501. The van der Waals surface area contributed by atoms with E-state index in [4.69, 9.17) is 0 Å². The van der Waals surface area contributed by atoms with E-state index in [1.807, 2.05) is 24.3 Å². The second-order valence-corrected chi connectivity index (χ2v) is 9.62. The normalized spacial score (nSPS) is 21.7. The molecule has 1 aromatic rings. The molecule has 0 radical (unpaired) electrons. The van der Waals surface area contributed by atoms with Crippen LogP contribution in [0.4, 0.5) is 11.4 Å². The van der Waals surface area contributed by atoms with Gasteiger partial charge in [-0.05, 0) is 31.1 Å². The van der Waals surface area contributed by atoms with Gasteiger partial charge in [0.1, 0.15) is 13.1 Å². The minimum Gasteiger partial charge on any atom is -0.871 e. The lowest BCUT2D eigenvalue weighted by Gasteiger charge is -2.34. The average Bonchev–Trinajstić information content (AvgIpc) is 3.55. The molecule has 8 nitrogen and oxygen atoms in total. The highest BCUT2D eigenvalue weighted by atomic mass is 16.3. The highest BCUT2D eigenvalue weighted by Gasteiger charge is 2.34. The molecule has 0 spiro atoms. The largest absolute Gasteiger partial charge is 0.871 e. The standard InChI is InChI=1S/C28H30N4O4/c1-17(33)29-23-15-19(31-11-3-4-12-31)7-9-21(23)25-27(35)26(28(25)36)22-10-8-20(32-13-5-6-14-32)16-24(22)30-18(2)34/h7-10,15-16H,3-6,11-14H2,1-2H3,(H2,29,30,33,34,35,36). The van der Waals surface area contributed by atoms with E-state index in [2.05, 4.69) is 20.1 Å². The van der Waals surface area contributed by atoms with Crippen molar-refractivity contribution < 1.29 is 24.1 Å². The summed E-state index contributed by atoms with van der Waals surface area (Å²) in [6, 6.07) is 5.47. The summed E-state index contributed by atoms with van der Waals surface area (Å²) in [5.41, 5.74) is 3.76. The summed E-state index contributed by atoms with van der Waals surface area (Å²) >= 11 is 0. The SMILES string of the molecule is CC(=O)NC1=CC(=[N+]2CCCC2)C=C/C1=C1/C(=O)C(c2ccc(N3CCCC3)cc2NC(C)=O)=C1[O-]. The second-order valence-electron chi connectivity index (χ2n) is 9.62. The first-order valence-corrected chi connectivity index (χ1v) is 12.5. The summed E-state index contributed by atoms with van der Waals surface area (Å²) in [5.74, 6) is -1.32. The van der Waals surface area contributed by atoms with Crippen molar-refractivity contribution in [1.29, 1.82) is 0 Å². The van der Waals surface area contributed by atoms with Crippen LogP contribution in [0.1, 0.15) is 45.1 Å². The Hall–Kier alpha value is -3.94. The summed E-state index contributed by atoms with van der Waals surface area (Å²) in [5, 5.41) is 19.0. The maximum absolute atomic E-state index is 13.4. The van der Waals surface area contributed by atoms with Gasteiger partial charge in [0, 0.05) is 79.9 Å². The Morgan fingerprint density at radius 2 is 1.64 bits per heavy atom. The number of ketones is 1. The summed E-state index contributed by atoms with van der Waals surface area (Å²) in [7, 11) is 0. The molecular formula is C28H30N4O4. The minimum atomic E-state index is -0.388. The van der Waals surface area contributed by atoms with Gasteiger partial charge in [-0.1, -0.05) is 11.8 Å². The number of rotatable bonds is 4. The van der Waals surface area contributed by atoms with Gasteiger partial charge in [-0.15, -0.1) is 0 Å². The smallest absolute Gasteiger partial charge is 0.221 e. The Kier molecular flexibility index (Phi) is 6.35. The molecule has 2 fully saturated rings. The predicted octanol–water partition coefficient (Wildman–Crippen LogP) is 2.03. The fraction of sp³-hybridized carbons (Fsp3) is 0.357. The minimum absolute atomic E-state index is 0.0547. The fourth-order valence-electron chi connectivity index (χ4n) is 5.31. The van der Waals surface area contributed by atoms with E-state index in [1.165, 1.54) is 13.8 Å². The van der Waals surface area contributed by atoms with Crippen molar-refractivity contribution in [2.75, 3.05) is 36.4 Å². The van der Waals surface area contributed by atoms with Crippen LogP contribution in [0.3, 0.4) is 0 Å². The molecule has 8 heteroatoms. The molecule has 2 aliphatic heterocycles. The fourth-order valence-corrected chi connectivity index (χ4v) is 5.31. The summed E-state index contributed by atoms with van der Waals surface area (Å²) < 4.78 is 2.23. The summed E-state index contributed by atoms with van der Waals surface area (Å²) in [6.07, 6.45) is 9.90. The Morgan fingerprint density at radius 3 is 2.28 bits per heavy atom. The third-order valence-corrected chi connectivity index (χ3v) is 7.02. The number of amides is 2. The number of allylic oxidation sites excluding steroid dienone is 5. The third-order valence-electron chi connectivity index (χ3n) is 7.02. The number of carbonyl (C=O) groups is 3. The first kappa shape index (κ1) is 23.8. The third kappa shape index (κ3) is 4.39. The lowest BCUT2D eigenvalue weighted by Crippen LogP contribution is -2.33. The molecule has 2 N–H and O–H groups in total. The molecule has 2 amide bonds. The summed E-state index contributed by atoms with van der Waals surface area (Å²) in [4.78, 5) is 39.4. The number of carbonyl (C=O) groups excluding carboxylic acids is 3. The van der Waals surface area contributed by atoms with Gasteiger partial charge < -0.3 is 20.6 Å². The molecule has 36 heavy (non-hydrogen) atoms. The second kappa shape index (κ2) is 9.60. The molecule has 0 atom stereocenters. The van der Waals surface area contributed by atoms with Gasteiger partial charge in [-0.25, -0.2) is 4.58 Å². The first-order chi connectivity index (χ1) is 17.3. The van der Waals surface area contributed by atoms with E-state index in [9.17, 15) is 19.5 Å². The maximum Gasteiger partial charge on any atom is 0.221 e. The Labute approximate surface area is 210 Å². The molecule has 5 rings (SSSR count). The van der Waals surface area contributed by atoms with Crippen LogP contribution >= 0.6 is 0 Å². The Balaban J connectivity index is 1.56. The molecule has 2 aliphatic carbocycles. The van der Waals surface area contributed by atoms with E-state index >= 15 is 0 Å². The average molecular weight is 487 g/mol. The zero-order valence-corrected chi connectivity index (χ0v) is 20.6. The monoisotopic (exact) mass is 486 g/mol. The van der Waals surface area contributed by atoms with Crippen molar-refractivity contribution in [1.82, 2.24) is 5.32 Å². The number of anilines is 2. The van der Waals surface area contributed by atoms with E-state index < -0.39 is 0 Å².